The van der Waals surface area contributed by atoms with Crippen LogP contribution in [0.3, 0.4) is 0 Å². The molecule has 0 aliphatic rings. The van der Waals surface area contributed by atoms with Crippen LogP contribution in [0.4, 0.5) is 14.5 Å². The smallest absolute Gasteiger partial charge is 0.235 e. The van der Waals surface area contributed by atoms with Crippen LogP contribution in [0.25, 0.3) is 11.4 Å². The summed E-state index contributed by atoms with van der Waals surface area (Å²) in [6.07, 6.45) is 0. The maximum Gasteiger partial charge on any atom is 0.235 e. The second-order valence-electron chi connectivity index (χ2n) is 5.61. The van der Waals surface area contributed by atoms with Crippen LogP contribution in [0.15, 0.2) is 47.6 Å². The highest BCUT2D eigenvalue weighted by Crippen LogP contribution is 2.25. The fourth-order valence-electron chi connectivity index (χ4n) is 2.42. The van der Waals surface area contributed by atoms with E-state index in [1.54, 1.807) is 11.6 Å². The van der Waals surface area contributed by atoms with Gasteiger partial charge in [-0.25, -0.2) is 8.78 Å². The summed E-state index contributed by atoms with van der Waals surface area (Å²) in [4.78, 5) is 12.0. The van der Waals surface area contributed by atoms with Crippen molar-refractivity contribution in [1.29, 1.82) is 0 Å². The number of halogens is 2. The quantitative estimate of drug-likeness (QED) is 0.690. The second kappa shape index (κ2) is 7.65. The molecule has 5 nitrogen and oxygen atoms in total. The molecule has 1 N–H and O–H groups in total. The van der Waals surface area contributed by atoms with Gasteiger partial charge >= 0.3 is 0 Å². The monoisotopic (exact) mass is 374 g/mol. The summed E-state index contributed by atoms with van der Waals surface area (Å²) in [5, 5.41) is 11.1. The predicted octanol–water partition coefficient (Wildman–Crippen LogP) is 3.80. The lowest BCUT2D eigenvalue weighted by Gasteiger charge is -2.08. The van der Waals surface area contributed by atoms with Crippen LogP contribution in [0.1, 0.15) is 5.56 Å². The van der Waals surface area contributed by atoms with Gasteiger partial charge in [0.15, 0.2) is 11.0 Å². The van der Waals surface area contributed by atoms with Gasteiger partial charge < -0.3 is 9.88 Å². The number of para-hydroxylation sites is 1. The molecule has 1 aromatic heterocycles. The highest BCUT2D eigenvalue weighted by molar-refractivity contribution is 7.99. The molecule has 0 radical (unpaired) electrons. The number of rotatable bonds is 5. The van der Waals surface area contributed by atoms with Crippen molar-refractivity contribution in [3.63, 3.8) is 0 Å². The molecule has 1 heterocycles. The normalized spacial score (nSPS) is 10.8. The molecule has 0 fully saturated rings. The summed E-state index contributed by atoms with van der Waals surface area (Å²) >= 11 is 1.14. The lowest BCUT2D eigenvalue weighted by atomic mass is 10.1. The molecule has 26 heavy (non-hydrogen) atoms. The number of anilines is 1. The van der Waals surface area contributed by atoms with Crippen LogP contribution >= 0.6 is 11.8 Å². The Balaban J connectivity index is 1.69. The highest BCUT2D eigenvalue weighted by Gasteiger charge is 2.16. The Morgan fingerprint density at radius 1 is 1.12 bits per heavy atom. The van der Waals surface area contributed by atoms with E-state index in [0.717, 1.165) is 35.0 Å². The molecule has 1 amide bonds. The van der Waals surface area contributed by atoms with Crippen LogP contribution in [-0.2, 0) is 11.8 Å². The molecule has 0 bridgehead atoms. The SMILES string of the molecule is Cc1ccccc1-c1nnc(SCC(=O)Nc2c(F)cccc2F)n1C. The van der Waals surface area contributed by atoms with Gasteiger partial charge in [0, 0.05) is 12.6 Å². The van der Waals surface area contributed by atoms with Gasteiger partial charge in [0.2, 0.25) is 5.91 Å². The Bertz CT molecular complexity index is 938. The number of carbonyl (C=O) groups is 1. The minimum Gasteiger partial charge on any atom is -0.320 e. The van der Waals surface area contributed by atoms with Gasteiger partial charge in [-0.2, -0.15) is 0 Å². The van der Waals surface area contributed by atoms with E-state index in [4.69, 9.17) is 0 Å². The molecule has 0 aliphatic carbocycles. The van der Waals surface area contributed by atoms with Crippen molar-refractivity contribution in [3.05, 3.63) is 59.7 Å². The Morgan fingerprint density at radius 2 is 1.81 bits per heavy atom. The van der Waals surface area contributed by atoms with Gasteiger partial charge in [0.25, 0.3) is 0 Å². The Kier molecular flexibility index (Phi) is 5.32. The van der Waals surface area contributed by atoms with Gasteiger partial charge in [-0.3, -0.25) is 4.79 Å². The van der Waals surface area contributed by atoms with Crippen LogP contribution in [0, 0.1) is 18.6 Å². The maximum atomic E-state index is 13.6. The molecule has 8 heteroatoms. The maximum absolute atomic E-state index is 13.6. The molecule has 0 unspecified atom stereocenters. The lowest BCUT2D eigenvalue weighted by Crippen LogP contribution is -2.16. The zero-order valence-electron chi connectivity index (χ0n) is 14.2. The highest BCUT2D eigenvalue weighted by atomic mass is 32.2. The minimum atomic E-state index is -0.816. The first-order chi connectivity index (χ1) is 12.5. The van der Waals surface area contributed by atoms with E-state index in [1.807, 2.05) is 31.2 Å². The zero-order valence-corrected chi connectivity index (χ0v) is 15.0. The first-order valence-corrected chi connectivity index (χ1v) is 8.78. The summed E-state index contributed by atoms with van der Waals surface area (Å²) < 4.78 is 28.9. The van der Waals surface area contributed by atoms with Crippen molar-refractivity contribution in [2.24, 2.45) is 7.05 Å². The van der Waals surface area contributed by atoms with E-state index in [1.165, 1.54) is 6.07 Å². The van der Waals surface area contributed by atoms with Crippen molar-refractivity contribution < 1.29 is 13.6 Å². The van der Waals surface area contributed by atoms with E-state index in [0.29, 0.717) is 11.0 Å². The number of hydrogen-bond donors (Lipinski definition) is 1. The standard InChI is InChI=1S/C18H16F2N4OS/c1-11-6-3-4-7-12(11)17-22-23-18(24(17)2)26-10-15(25)21-16-13(19)8-5-9-14(16)20/h3-9H,10H2,1-2H3,(H,21,25). The number of amides is 1. The Labute approximate surface area is 153 Å². The first kappa shape index (κ1) is 18.1. The molecule has 0 saturated carbocycles. The molecular weight excluding hydrogens is 358 g/mol. The van der Waals surface area contributed by atoms with E-state index in [9.17, 15) is 13.6 Å². The molecule has 0 saturated heterocycles. The molecule has 0 aliphatic heterocycles. The van der Waals surface area contributed by atoms with E-state index in [-0.39, 0.29) is 5.75 Å². The van der Waals surface area contributed by atoms with Crippen molar-refractivity contribution in [1.82, 2.24) is 14.8 Å². The van der Waals surface area contributed by atoms with Crippen molar-refractivity contribution in [2.75, 3.05) is 11.1 Å². The first-order valence-electron chi connectivity index (χ1n) is 7.79. The topological polar surface area (TPSA) is 59.8 Å². The number of nitrogens with zero attached hydrogens (tertiary/aromatic N) is 3. The van der Waals surface area contributed by atoms with Crippen LogP contribution in [-0.4, -0.2) is 26.4 Å². The van der Waals surface area contributed by atoms with E-state index in [2.05, 4.69) is 15.5 Å². The molecule has 3 aromatic rings. The van der Waals surface area contributed by atoms with Gasteiger partial charge in [-0.15, -0.1) is 10.2 Å². The lowest BCUT2D eigenvalue weighted by molar-refractivity contribution is -0.113. The summed E-state index contributed by atoms with van der Waals surface area (Å²) in [6, 6.07) is 11.2. The number of thioether (sulfide) groups is 1. The largest absolute Gasteiger partial charge is 0.320 e. The number of aryl methyl sites for hydroxylation is 1. The predicted molar refractivity (Wildman–Crippen MR) is 96.9 cm³/mol. The fourth-order valence-corrected chi connectivity index (χ4v) is 3.13. The summed E-state index contributed by atoms with van der Waals surface area (Å²) in [7, 11) is 1.80. The number of benzene rings is 2. The molecule has 3 rings (SSSR count). The van der Waals surface area contributed by atoms with Crippen molar-refractivity contribution in [3.8, 4) is 11.4 Å². The van der Waals surface area contributed by atoms with Crippen LogP contribution in [0.5, 0.6) is 0 Å². The Hall–Kier alpha value is -2.74. The van der Waals surface area contributed by atoms with Crippen molar-refractivity contribution >= 4 is 23.4 Å². The van der Waals surface area contributed by atoms with Crippen LogP contribution < -0.4 is 5.32 Å². The van der Waals surface area contributed by atoms with E-state index >= 15 is 0 Å². The molecule has 2 aromatic carbocycles. The Morgan fingerprint density at radius 3 is 2.50 bits per heavy atom. The molecule has 0 spiro atoms. The third kappa shape index (κ3) is 3.75. The third-order valence-corrected chi connectivity index (χ3v) is 4.80. The number of hydrogen-bond acceptors (Lipinski definition) is 4. The summed E-state index contributed by atoms with van der Waals surface area (Å²) in [5.41, 5.74) is 1.57. The second-order valence-corrected chi connectivity index (χ2v) is 6.56. The minimum absolute atomic E-state index is 0.0481. The summed E-state index contributed by atoms with van der Waals surface area (Å²) in [5.74, 6) is -1.52. The van der Waals surface area contributed by atoms with E-state index < -0.39 is 23.2 Å². The molecule has 134 valence electrons. The van der Waals surface area contributed by atoms with Gasteiger partial charge in [-0.05, 0) is 24.6 Å². The van der Waals surface area contributed by atoms with Gasteiger partial charge in [-0.1, -0.05) is 42.1 Å². The third-order valence-electron chi connectivity index (χ3n) is 3.78. The summed E-state index contributed by atoms with van der Waals surface area (Å²) in [6.45, 7) is 1.98. The van der Waals surface area contributed by atoms with Gasteiger partial charge in [0.05, 0.1) is 5.75 Å². The number of carbonyl (C=O) groups excluding carboxylic acids is 1. The average Bonchev–Trinajstić information content (AvgIpc) is 2.97. The molecular formula is C18H16F2N4OS. The van der Waals surface area contributed by atoms with Crippen LogP contribution in [0.2, 0.25) is 0 Å². The average molecular weight is 374 g/mol. The fraction of sp³-hybridized carbons (Fsp3) is 0.167. The number of aromatic nitrogens is 3. The van der Waals surface area contributed by atoms with Gasteiger partial charge in [0.1, 0.15) is 17.3 Å². The van der Waals surface area contributed by atoms with Crippen molar-refractivity contribution in [2.45, 2.75) is 12.1 Å². The zero-order chi connectivity index (χ0) is 18.7. The molecule has 0 atom stereocenters. The number of nitrogens with one attached hydrogen (secondary N) is 1.